The van der Waals surface area contributed by atoms with Crippen molar-refractivity contribution in [2.24, 2.45) is 0 Å². The molecule has 3 aromatic carbocycles. The summed E-state index contributed by atoms with van der Waals surface area (Å²) in [6.07, 6.45) is 3.79. The van der Waals surface area contributed by atoms with Crippen LogP contribution in [0.4, 0.5) is 5.69 Å². The molecule has 0 bridgehead atoms. The molecule has 0 unspecified atom stereocenters. The van der Waals surface area contributed by atoms with E-state index in [2.05, 4.69) is 24.3 Å². The van der Waals surface area contributed by atoms with Gasteiger partial charge in [0.15, 0.2) is 0 Å². The van der Waals surface area contributed by atoms with Gasteiger partial charge in [0, 0.05) is 23.1 Å². The fourth-order valence-corrected chi connectivity index (χ4v) is 4.16. The molecule has 0 amide bonds. The van der Waals surface area contributed by atoms with Crippen LogP contribution in [0.25, 0.3) is 44.5 Å². The number of nitrogens with zero attached hydrogens (tertiary/aromatic N) is 2. The lowest BCUT2D eigenvalue weighted by atomic mass is 10.1. The van der Waals surface area contributed by atoms with Gasteiger partial charge in [0.05, 0.1) is 15.1 Å². The van der Waals surface area contributed by atoms with Gasteiger partial charge in [0.2, 0.25) is 0 Å². The van der Waals surface area contributed by atoms with Gasteiger partial charge in [-0.1, -0.05) is 42.5 Å². The van der Waals surface area contributed by atoms with Gasteiger partial charge in [-0.15, -0.1) is 11.3 Å². The van der Waals surface area contributed by atoms with Crippen molar-refractivity contribution < 1.29 is 9.34 Å². The normalized spacial score (nSPS) is 11.6. The second-order valence-electron chi connectivity index (χ2n) is 6.53. The first kappa shape index (κ1) is 17.3. The molecule has 0 aliphatic rings. The van der Waals surface area contributed by atoms with Crippen LogP contribution in [0.1, 0.15) is 10.8 Å². The molecular weight excluding hydrogens is 384 g/mol. The number of nitro benzene ring substituents is 1. The summed E-state index contributed by atoms with van der Waals surface area (Å²) in [5, 5.41) is 14.2. The van der Waals surface area contributed by atoms with Crippen LogP contribution in [0, 0.1) is 10.1 Å². The van der Waals surface area contributed by atoms with E-state index in [9.17, 15) is 10.1 Å². The lowest BCUT2D eigenvalue weighted by Crippen LogP contribution is -1.87. The summed E-state index contributed by atoms with van der Waals surface area (Å²) in [4.78, 5) is 15.3. The Labute approximate surface area is 169 Å². The monoisotopic (exact) mass is 398 g/mol. The van der Waals surface area contributed by atoms with Gasteiger partial charge >= 0.3 is 0 Å². The molecule has 0 N–H and O–H groups in total. The van der Waals surface area contributed by atoms with E-state index in [1.807, 2.05) is 36.4 Å². The maximum Gasteiger partial charge on any atom is 0.270 e. The number of aromatic nitrogens is 1. The average Bonchev–Trinajstić information content (AvgIpc) is 3.39. The third kappa shape index (κ3) is 3.30. The highest BCUT2D eigenvalue weighted by atomic mass is 32.1. The Morgan fingerprint density at radius 1 is 0.966 bits per heavy atom. The Hall–Kier alpha value is -3.77. The quantitative estimate of drug-likeness (QED) is 0.247. The number of nitro groups is 1. The minimum Gasteiger partial charge on any atom is -0.457 e. The second-order valence-corrected chi connectivity index (χ2v) is 7.59. The zero-order valence-electron chi connectivity index (χ0n) is 15.1. The van der Waals surface area contributed by atoms with Crippen LogP contribution >= 0.6 is 11.3 Å². The van der Waals surface area contributed by atoms with Gasteiger partial charge in [-0.3, -0.25) is 10.1 Å². The maximum absolute atomic E-state index is 11.0. The van der Waals surface area contributed by atoms with Crippen molar-refractivity contribution in [2.45, 2.75) is 0 Å². The molecule has 5 rings (SSSR count). The number of furan rings is 1. The van der Waals surface area contributed by atoms with Gasteiger partial charge in [-0.05, 0) is 35.7 Å². The number of hydrogen-bond donors (Lipinski definition) is 0. The van der Waals surface area contributed by atoms with Crippen LogP contribution in [-0.4, -0.2) is 9.91 Å². The Morgan fingerprint density at radius 2 is 1.86 bits per heavy atom. The third-order valence-corrected chi connectivity index (χ3v) is 5.64. The number of non-ortho nitro benzene ring substituents is 1. The van der Waals surface area contributed by atoms with E-state index in [1.165, 1.54) is 17.5 Å². The molecule has 0 radical (unpaired) electrons. The van der Waals surface area contributed by atoms with Gasteiger partial charge in [-0.25, -0.2) is 4.98 Å². The molecule has 29 heavy (non-hydrogen) atoms. The van der Waals surface area contributed by atoms with E-state index in [0.29, 0.717) is 17.1 Å². The molecule has 0 aliphatic carbocycles. The van der Waals surface area contributed by atoms with E-state index in [0.717, 1.165) is 20.6 Å². The summed E-state index contributed by atoms with van der Waals surface area (Å²) in [5.74, 6) is 1.25. The predicted molar refractivity (Wildman–Crippen MR) is 117 cm³/mol. The fourth-order valence-electron chi connectivity index (χ4n) is 3.27. The number of benzene rings is 3. The van der Waals surface area contributed by atoms with Crippen LogP contribution in [-0.2, 0) is 0 Å². The van der Waals surface area contributed by atoms with Crippen LogP contribution in [0.15, 0.2) is 77.2 Å². The minimum atomic E-state index is -0.413. The second kappa shape index (κ2) is 7.00. The predicted octanol–water partition coefficient (Wildman–Crippen LogP) is 6.79. The lowest BCUT2D eigenvalue weighted by molar-refractivity contribution is -0.384. The van der Waals surface area contributed by atoms with Crippen LogP contribution in [0.2, 0.25) is 0 Å². The van der Waals surface area contributed by atoms with Crippen LogP contribution in [0.5, 0.6) is 0 Å². The summed E-state index contributed by atoms with van der Waals surface area (Å²) >= 11 is 1.63. The van der Waals surface area contributed by atoms with E-state index < -0.39 is 4.92 Å². The van der Waals surface area contributed by atoms with E-state index in [4.69, 9.17) is 9.40 Å². The first-order valence-electron chi connectivity index (χ1n) is 8.98. The highest BCUT2D eigenvalue weighted by Gasteiger charge is 2.10. The van der Waals surface area contributed by atoms with Crippen molar-refractivity contribution in [3.8, 4) is 11.3 Å². The van der Waals surface area contributed by atoms with Crippen molar-refractivity contribution in [3.63, 3.8) is 0 Å². The minimum absolute atomic E-state index is 0.0395. The Balaban J connectivity index is 1.44. The van der Waals surface area contributed by atoms with E-state index in [-0.39, 0.29) is 5.69 Å². The Kier molecular flexibility index (Phi) is 4.18. The Bertz CT molecular complexity index is 1400. The van der Waals surface area contributed by atoms with Crippen LogP contribution in [0.3, 0.4) is 0 Å². The summed E-state index contributed by atoms with van der Waals surface area (Å²) in [5.41, 5.74) is 1.72. The first-order valence-corrected chi connectivity index (χ1v) is 9.80. The topological polar surface area (TPSA) is 69.2 Å². The van der Waals surface area contributed by atoms with Crippen LogP contribution < -0.4 is 0 Å². The van der Waals surface area contributed by atoms with Gasteiger partial charge in [0.1, 0.15) is 16.5 Å². The zero-order chi connectivity index (χ0) is 19.8. The molecule has 0 spiro atoms. The molecule has 0 saturated heterocycles. The molecule has 0 aliphatic heterocycles. The molecule has 6 heteroatoms. The van der Waals surface area contributed by atoms with Gasteiger partial charge in [-0.2, -0.15) is 0 Å². The number of fused-ring (bicyclic) bond motifs is 3. The molecule has 5 nitrogen and oxygen atoms in total. The highest BCUT2D eigenvalue weighted by Crippen LogP contribution is 2.31. The van der Waals surface area contributed by atoms with Crippen molar-refractivity contribution in [3.05, 3.63) is 93.7 Å². The van der Waals surface area contributed by atoms with Crippen molar-refractivity contribution in [2.75, 3.05) is 0 Å². The number of thiazole rings is 1. The van der Waals surface area contributed by atoms with Gasteiger partial charge in [0.25, 0.3) is 5.69 Å². The molecule has 0 saturated carbocycles. The number of rotatable bonds is 4. The molecule has 2 heterocycles. The Morgan fingerprint density at radius 3 is 2.76 bits per heavy atom. The maximum atomic E-state index is 11.0. The summed E-state index contributed by atoms with van der Waals surface area (Å²) in [7, 11) is 0. The summed E-state index contributed by atoms with van der Waals surface area (Å²) in [6, 6.07) is 22.5. The smallest absolute Gasteiger partial charge is 0.270 e. The molecule has 140 valence electrons. The summed E-state index contributed by atoms with van der Waals surface area (Å²) in [6.45, 7) is 0. The standard InChI is InChI=1S/C23H14N2O3S/c26-25(27)17-6-3-5-16(14-17)20-11-9-18(28-20)10-13-22-24-23-19-7-2-1-4-15(19)8-12-21(23)29-22/h1-14H. The lowest BCUT2D eigenvalue weighted by Gasteiger charge is -1.96. The van der Waals surface area contributed by atoms with Crippen molar-refractivity contribution >= 4 is 50.2 Å². The van der Waals surface area contributed by atoms with Crippen molar-refractivity contribution in [1.82, 2.24) is 4.98 Å². The molecule has 5 aromatic rings. The number of hydrogen-bond acceptors (Lipinski definition) is 5. The largest absolute Gasteiger partial charge is 0.457 e. The highest BCUT2D eigenvalue weighted by molar-refractivity contribution is 7.19. The fraction of sp³-hybridized carbons (Fsp3) is 0. The molecule has 0 atom stereocenters. The molecular formula is C23H14N2O3S. The third-order valence-electron chi connectivity index (χ3n) is 4.66. The molecule has 2 aromatic heterocycles. The van der Waals surface area contributed by atoms with E-state index in [1.54, 1.807) is 23.5 Å². The SMILES string of the molecule is O=[N+]([O-])c1cccc(-c2ccc(C=Cc3nc4c(ccc5ccccc54)s3)o2)c1. The first-order chi connectivity index (χ1) is 14.2. The zero-order valence-corrected chi connectivity index (χ0v) is 15.9. The molecule has 0 fully saturated rings. The van der Waals surface area contributed by atoms with E-state index >= 15 is 0 Å². The van der Waals surface area contributed by atoms with Gasteiger partial charge < -0.3 is 4.42 Å². The summed E-state index contributed by atoms with van der Waals surface area (Å²) < 4.78 is 6.98. The van der Waals surface area contributed by atoms with Crippen molar-refractivity contribution in [1.29, 1.82) is 0 Å². The average molecular weight is 398 g/mol.